The fraction of sp³-hybridized carbons (Fsp3) is 0.200. The van der Waals surface area contributed by atoms with E-state index in [0.29, 0.717) is 6.07 Å². The van der Waals surface area contributed by atoms with E-state index in [1.54, 1.807) is 6.92 Å². The maximum Gasteiger partial charge on any atom is 0.433 e. The predicted molar refractivity (Wildman–Crippen MR) is 86.0 cm³/mol. The number of anilines is 1. The molecule has 0 bridgehead atoms. The van der Waals surface area contributed by atoms with Crippen LogP contribution in [0.25, 0.3) is 0 Å². The maximum atomic E-state index is 12.7. The molecule has 11 heteroatoms. The van der Waals surface area contributed by atoms with Crippen molar-refractivity contribution in [2.75, 3.05) is 11.9 Å². The minimum atomic E-state index is -4.69. The Morgan fingerprint density at radius 2 is 1.96 bits per heavy atom. The molecule has 26 heavy (non-hydrogen) atoms. The fourth-order valence-corrected chi connectivity index (χ4v) is 2.59. The molecule has 138 valence electrons. The number of alkyl halides is 3. The smallest absolute Gasteiger partial charge is 0.433 e. The van der Waals surface area contributed by atoms with Crippen LogP contribution in [0.1, 0.15) is 33.3 Å². The number of hydrogen-bond acceptors (Lipinski definition) is 6. The highest BCUT2D eigenvalue weighted by Gasteiger charge is 2.33. The van der Waals surface area contributed by atoms with Gasteiger partial charge in [-0.25, -0.2) is 4.79 Å². The third kappa shape index (κ3) is 4.79. The highest BCUT2D eigenvalue weighted by Crippen LogP contribution is 2.28. The number of hydrogen-bond donors (Lipinski definition) is 2. The largest absolute Gasteiger partial charge is 0.450 e. The Hall–Kier alpha value is -2.95. The van der Waals surface area contributed by atoms with E-state index < -0.39 is 29.8 Å². The highest BCUT2D eigenvalue weighted by molar-refractivity contribution is 7.14. The summed E-state index contributed by atoms with van der Waals surface area (Å²) in [6, 6.07) is 3.06. The molecular formula is C15H12F3N3O4S. The summed E-state index contributed by atoms with van der Waals surface area (Å²) in [6.07, 6.45) is -4.78. The van der Waals surface area contributed by atoms with Crippen LogP contribution in [0.5, 0.6) is 0 Å². The summed E-state index contributed by atoms with van der Waals surface area (Å²) < 4.78 is 42.6. The summed E-state index contributed by atoms with van der Waals surface area (Å²) in [6.45, 7) is 1.63. The zero-order valence-electron chi connectivity index (χ0n) is 13.2. The molecular weight excluding hydrogens is 375 g/mol. The van der Waals surface area contributed by atoms with Crippen molar-refractivity contribution < 1.29 is 32.3 Å². The van der Waals surface area contributed by atoms with Crippen LogP contribution in [0.2, 0.25) is 0 Å². The Morgan fingerprint density at radius 3 is 2.62 bits per heavy atom. The van der Waals surface area contributed by atoms with Gasteiger partial charge in [-0.2, -0.15) is 13.2 Å². The monoisotopic (exact) mass is 387 g/mol. The molecule has 3 amide bonds. The summed E-state index contributed by atoms with van der Waals surface area (Å²) in [5.41, 5.74) is -1.52. The van der Waals surface area contributed by atoms with Crippen LogP contribution in [-0.2, 0) is 10.9 Å². The molecule has 7 nitrogen and oxygen atoms in total. The van der Waals surface area contributed by atoms with E-state index in [9.17, 15) is 27.6 Å². The minimum Gasteiger partial charge on any atom is -0.450 e. The molecule has 0 aliphatic carbocycles. The molecule has 0 saturated heterocycles. The number of amides is 3. The number of carbonyl (C=O) groups is 3. The van der Waals surface area contributed by atoms with Gasteiger partial charge >= 0.3 is 12.3 Å². The number of halogens is 3. The van der Waals surface area contributed by atoms with Crippen molar-refractivity contribution in [3.63, 3.8) is 0 Å². The van der Waals surface area contributed by atoms with Crippen LogP contribution in [0.15, 0.2) is 29.8 Å². The average Bonchev–Trinajstić information content (AvgIpc) is 3.02. The molecule has 0 unspecified atom stereocenters. The first-order valence-electron chi connectivity index (χ1n) is 7.12. The van der Waals surface area contributed by atoms with Crippen molar-refractivity contribution in [1.29, 1.82) is 0 Å². The first-order chi connectivity index (χ1) is 12.2. The number of aromatic nitrogens is 1. The SMILES string of the molecule is CCOC(=O)NC(=O)c1ccsc1NC(=O)c1ccnc(C(F)(F)F)c1. The van der Waals surface area contributed by atoms with Gasteiger partial charge in [0.2, 0.25) is 0 Å². The number of ether oxygens (including phenoxy) is 1. The highest BCUT2D eigenvalue weighted by atomic mass is 32.1. The molecule has 2 aromatic rings. The molecule has 2 N–H and O–H groups in total. The Morgan fingerprint density at radius 1 is 1.23 bits per heavy atom. The second-order valence-corrected chi connectivity index (χ2v) is 5.64. The molecule has 0 saturated carbocycles. The topological polar surface area (TPSA) is 97.4 Å². The Balaban J connectivity index is 2.15. The number of thiophene rings is 1. The number of imide groups is 1. The van der Waals surface area contributed by atoms with Crippen molar-refractivity contribution in [2.24, 2.45) is 0 Å². The van der Waals surface area contributed by atoms with Crippen LogP contribution < -0.4 is 10.6 Å². The number of nitrogens with zero attached hydrogens (tertiary/aromatic N) is 1. The first kappa shape index (κ1) is 19.4. The molecule has 0 aromatic carbocycles. The normalized spacial score (nSPS) is 10.9. The first-order valence-corrected chi connectivity index (χ1v) is 8.00. The number of rotatable bonds is 4. The van der Waals surface area contributed by atoms with Crippen LogP contribution >= 0.6 is 11.3 Å². The minimum absolute atomic E-state index is 0.0264. The van der Waals surface area contributed by atoms with Crippen LogP contribution in [-0.4, -0.2) is 29.5 Å². The van der Waals surface area contributed by atoms with Gasteiger partial charge in [-0.1, -0.05) is 0 Å². The van der Waals surface area contributed by atoms with Gasteiger partial charge < -0.3 is 10.1 Å². The number of alkyl carbamates (subject to hydrolysis) is 1. The van der Waals surface area contributed by atoms with Gasteiger partial charge in [0.05, 0.1) is 12.2 Å². The van der Waals surface area contributed by atoms with E-state index in [1.165, 1.54) is 11.4 Å². The van der Waals surface area contributed by atoms with E-state index >= 15 is 0 Å². The molecule has 0 atom stereocenters. The van der Waals surface area contributed by atoms with Crippen molar-refractivity contribution in [3.8, 4) is 0 Å². The quantitative estimate of drug-likeness (QED) is 0.839. The third-order valence-electron chi connectivity index (χ3n) is 2.94. The molecule has 2 heterocycles. The fourth-order valence-electron chi connectivity index (χ4n) is 1.81. The summed E-state index contributed by atoms with van der Waals surface area (Å²) in [5.74, 6) is -1.67. The number of carbonyl (C=O) groups excluding carboxylic acids is 3. The molecule has 0 aliphatic rings. The molecule has 2 rings (SSSR count). The zero-order valence-corrected chi connectivity index (χ0v) is 14.0. The van der Waals surface area contributed by atoms with Crippen molar-refractivity contribution in [2.45, 2.75) is 13.1 Å². The van der Waals surface area contributed by atoms with Gasteiger partial charge in [0.1, 0.15) is 10.7 Å². The lowest BCUT2D eigenvalue weighted by Crippen LogP contribution is -2.31. The van der Waals surface area contributed by atoms with Gasteiger partial charge in [0, 0.05) is 11.8 Å². The van der Waals surface area contributed by atoms with Gasteiger partial charge in [-0.15, -0.1) is 11.3 Å². The number of nitrogens with one attached hydrogen (secondary N) is 2. The summed E-state index contributed by atoms with van der Waals surface area (Å²) in [5, 5.41) is 5.85. The van der Waals surface area contributed by atoms with Gasteiger partial charge in [0.15, 0.2) is 0 Å². The van der Waals surface area contributed by atoms with Gasteiger partial charge in [-0.05, 0) is 30.5 Å². The Labute approximate surface area is 149 Å². The molecule has 0 aliphatic heterocycles. The van der Waals surface area contributed by atoms with Crippen molar-refractivity contribution >= 4 is 34.2 Å². The van der Waals surface area contributed by atoms with Gasteiger partial charge in [-0.3, -0.25) is 19.9 Å². The lowest BCUT2D eigenvalue weighted by Gasteiger charge is -2.09. The molecule has 0 spiro atoms. The summed E-state index contributed by atoms with van der Waals surface area (Å²) >= 11 is 0.968. The maximum absolute atomic E-state index is 12.7. The van der Waals surface area contributed by atoms with E-state index in [1.807, 2.05) is 5.32 Å². The lowest BCUT2D eigenvalue weighted by atomic mass is 10.2. The summed E-state index contributed by atoms with van der Waals surface area (Å²) in [7, 11) is 0. The second-order valence-electron chi connectivity index (χ2n) is 4.72. The second kappa shape index (κ2) is 7.95. The standard InChI is InChI=1S/C15H12F3N3O4S/c1-2-25-14(24)21-12(23)9-4-6-26-13(9)20-11(22)8-3-5-19-10(7-8)15(16,17)18/h3-7H,2H2,1H3,(H,20,22)(H,21,23,24). The average molecular weight is 387 g/mol. The predicted octanol–water partition coefficient (Wildman–Crippen LogP) is 3.30. The third-order valence-corrected chi connectivity index (χ3v) is 3.77. The Bertz CT molecular complexity index is 836. The zero-order chi connectivity index (χ0) is 19.3. The van der Waals surface area contributed by atoms with Crippen LogP contribution in [0, 0.1) is 0 Å². The van der Waals surface area contributed by atoms with Gasteiger partial charge in [0.25, 0.3) is 11.8 Å². The number of pyridine rings is 1. The lowest BCUT2D eigenvalue weighted by molar-refractivity contribution is -0.141. The molecule has 2 aromatic heterocycles. The Kier molecular flexibility index (Phi) is 5.93. The molecule has 0 fully saturated rings. The molecule has 0 radical (unpaired) electrons. The van der Waals surface area contributed by atoms with E-state index in [2.05, 4.69) is 15.0 Å². The van der Waals surface area contributed by atoms with E-state index in [0.717, 1.165) is 23.6 Å². The van der Waals surface area contributed by atoms with Crippen LogP contribution in [0.3, 0.4) is 0 Å². The summed E-state index contributed by atoms with van der Waals surface area (Å²) in [4.78, 5) is 38.6. The van der Waals surface area contributed by atoms with Crippen LogP contribution in [0.4, 0.5) is 23.0 Å². The van der Waals surface area contributed by atoms with Crippen molar-refractivity contribution in [3.05, 3.63) is 46.6 Å². The van der Waals surface area contributed by atoms with Crippen molar-refractivity contribution in [1.82, 2.24) is 10.3 Å². The van der Waals surface area contributed by atoms with E-state index in [4.69, 9.17) is 0 Å². The van der Waals surface area contributed by atoms with E-state index in [-0.39, 0.29) is 22.7 Å².